The topological polar surface area (TPSA) is 42.4 Å². The number of benzene rings is 2. The fraction of sp³-hybridized carbons (Fsp3) is 0. The van der Waals surface area contributed by atoms with Gasteiger partial charge in [0.2, 0.25) is 0 Å². The molecular weight excluding hydrogens is 307 g/mol. The molecule has 3 rings (SSSR count). The Morgan fingerprint density at radius 2 is 1.82 bits per heavy atom. The molecule has 0 aliphatic rings. The van der Waals surface area contributed by atoms with Crippen molar-refractivity contribution in [3.05, 3.63) is 66.6 Å². The average molecular weight is 317 g/mol. The first-order valence-electron chi connectivity index (χ1n) is 6.42. The summed E-state index contributed by atoms with van der Waals surface area (Å²) in [5.41, 5.74) is 1.52. The van der Waals surface area contributed by atoms with Gasteiger partial charge in [-0.3, -0.25) is 4.98 Å². The molecule has 110 valence electrons. The molecule has 0 N–H and O–H groups in total. The largest absolute Gasteiger partial charge is 0.437 e. The number of carbonyl (C=O) groups is 1. The van der Waals surface area contributed by atoms with Crippen molar-refractivity contribution in [2.45, 2.75) is 0 Å². The molecule has 0 spiro atoms. The lowest BCUT2D eigenvalue weighted by molar-refractivity contribution is 0.215. The van der Waals surface area contributed by atoms with E-state index in [2.05, 4.69) is 9.27 Å². The summed E-state index contributed by atoms with van der Waals surface area (Å²) in [4.78, 5) is 17.6. The van der Waals surface area contributed by atoms with Crippen molar-refractivity contribution in [1.82, 2.24) is 4.98 Å². The first-order chi connectivity index (χ1) is 10.7. The minimum atomic E-state index is -0.800. The molecule has 3 aromatic rings. The van der Waals surface area contributed by atoms with Crippen LogP contribution in [0.1, 0.15) is 0 Å². The standard InChI is InChI=1S/C16H10ClFN2O2/c17-22-16(21)20(13-8-6-12(18)7-9-13)14-5-1-3-11-4-2-10-19-15(11)14/h1-10H. The second-order valence-electron chi connectivity index (χ2n) is 4.51. The van der Waals surface area contributed by atoms with Gasteiger partial charge in [0, 0.05) is 11.6 Å². The highest BCUT2D eigenvalue weighted by molar-refractivity contribution is 6.17. The lowest BCUT2D eigenvalue weighted by Crippen LogP contribution is -2.24. The van der Waals surface area contributed by atoms with Crippen molar-refractivity contribution in [1.29, 1.82) is 0 Å². The lowest BCUT2D eigenvalue weighted by atomic mass is 10.1. The van der Waals surface area contributed by atoms with Crippen LogP contribution in [0.3, 0.4) is 0 Å². The summed E-state index contributed by atoms with van der Waals surface area (Å²) in [7, 11) is 0. The molecule has 1 amide bonds. The van der Waals surface area contributed by atoms with Crippen LogP contribution in [0.4, 0.5) is 20.6 Å². The highest BCUT2D eigenvalue weighted by Gasteiger charge is 2.22. The zero-order valence-electron chi connectivity index (χ0n) is 11.2. The first-order valence-corrected chi connectivity index (χ1v) is 6.73. The zero-order chi connectivity index (χ0) is 15.5. The summed E-state index contributed by atoms with van der Waals surface area (Å²) in [6, 6.07) is 14.5. The van der Waals surface area contributed by atoms with E-state index >= 15 is 0 Å². The Labute approximate surface area is 130 Å². The molecular formula is C16H10ClFN2O2. The lowest BCUT2D eigenvalue weighted by Gasteiger charge is -2.21. The van der Waals surface area contributed by atoms with Gasteiger partial charge in [0.1, 0.15) is 17.7 Å². The number of anilines is 2. The number of carbonyl (C=O) groups excluding carboxylic acids is 1. The smallest absolute Gasteiger partial charge is 0.330 e. The van der Waals surface area contributed by atoms with Crippen LogP contribution in [-0.2, 0) is 4.29 Å². The summed E-state index contributed by atoms with van der Waals surface area (Å²) in [6.07, 6.45) is 0.826. The van der Waals surface area contributed by atoms with Gasteiger partial charge in [0.05, 0.1) is 16.9 Å². The van der Waals surface area contributed by atoms with Crippen LogP contribution in [0.25, 0.3) is 10.9 Å². The minimum Gasteiger partial charge on any atom is -0.330 e. The number of pyridine rings is 1. The summed E-state index contributed by atoms with van der Waals surface area (Å²) < 4.78 is 17.5. The molecule has 0 saturated heterocycles. The van der Waals surface area contributed by atoms with Crippen LogP contribution in [0.2, 0.25) is 0 Å². The third kappa shape index (κ3) is 2.58. The van der Waals surface area contributed by atoms with Crippen LogP contribution < -0.4 is 4.90 Å². The Bertz CT molecular complexity index is 818. The van der Waals surface area contributed by atoms with Crippen molar-refractivity contribution in [3.8, 4) is 0 Å². The van der Waals surface area contributed by atoms with Crippen molar-refractivity contribution in [2.75, 3.05) is 4.90 Å². The van der Waals surface area contributed by atoms with E-state index in [4.69, 9.17) is 11.9 Å². The number of aromatic nitrogens is 1. The van der Waals surface area contributed by atoms with Crippen LogP contribution in [0.15, 0.2) is 60.8 Å². The van der Waals surface area contributed by atoms with Crippen LogP contribution in [-0.4, -0.2) is 11.1 Å². The van der Waals surface area contributed by atoms with Gasteiger partial charge in [-0.15, -0.1) is 0 Å². The molecule has 0 radical (unpaired) electrons. The second-order valence-corrected chi connectivity index (χ2v) is 4.66. The van der Waals surface area contributed by atoms with E-state index in [0.717, 1.165) is 5.39 Å². The second kappa shape index (κ2) is 5.99. The van der Waals surface area contributed by atoms with Gasteiger partial charge >= 0.3 is 6.09 Å². The van der Waals surface area contributed by atoms with Gasteiger partial charge in [-0.05, 0) is 36.4 Å². The van der Waals surface area contributed by atoms with Crippen LogP contribution >= 0.6 is 11.9 Å². The van der Waals surface area contributed by atoms with Crippen molar-refractivity contribution < 1.29 is 13.5 Å². The Balaban J connectivity index is 2.20. The highest BCUT2D eigenvalue weighted by Crippen LogP contribution is 2.32. The van der Waals surface area contributed by atoms with E-state index in [1.54, 1.807) is 24.4 Å². The van der Waals surface area contributed by atoms with Crippen LogP contribution in [0.5, 0.6) is 0 Å². The fourth-order valence-electron chi connectivity index (χ4n) is 2.24. The maximum atomic E-state index is 13.1. The van der Waals surface area contributed by atoms with Gasteiger partial charge in [0.15, 0.2) is 0 Å². The van der Waals surface area contributed by atoms with Crippen LogP contribution in [0, 0.1) is 5.82 Å². The minimum absolute atomic E-state index is 0.404. The summed E-state index contributed by atoms with van der Waals surface area (Å²) in [5, 5.41) is 0.856. The maximum absolute atomic E-state index is 13.1. The number of halogens is 2. The molecule has 22 heavy (non-hydrogen) atoms. The van der Waals surface area contributed by atoms with E-state index in [1.807, 2.05) is 12.1 Å². The quantitative estimate of drug-likeness (QED) is 0.682. The van der Waals surface area contributed by atoms with Crippen molar-refractivity contribution in [2.24, 2.45) is 0 Å². The third-order valence-corrected chi connectivity index (χ3v) is 3.32. The molecule has 0 saturated carbocycles. The van der Waals surface area contributed by atoms with Gasteiger partial charge < -0.3 is 4.29 Å². The zero-order valence-corrected chi connectivity index (χ0v) is 12.0. The predicted molar refractivity (Wildman–Crippen MR) is 82.6 cm³/mol. The molecule has 1 heterocycles. The number of amides is 1. The molecule has 0 aliphatic heterocycles. The third-order valence-electron chi connectivity index (χ3n) is 3.19. The van der Waals surface area contributed by atoms with Gasteiger partial charge in [-0.2, -0.15) is 0 Å². The molecule has 0 unspecified atom stereocenters. The Hall–Kier alpha value is -2.66. The number of nitrogens with zero attached hydrogens (tertiary/aromatic N) is 2. The predicted octanol–water partition coefficient (Wildman–Crippen LogP) is 4.80. The molecule has 4 nitrogen and oxygen atoms in total. The summed E-state index contributed by atoms with van der Waals surface area (Å²) >= 11 is 5.24. The van der Waals surface area contributed by atoms with Gasteiger partial charge in [-0.1, -0.05) is 18.2 Å². The summed E-state index contributed by atoms with van der Waals surface area (Å²) in [6.45, 7) is 0. The van der Waals surface area contributed by atoms with E-state index in [0.29, 0.717) is 16.9 Å². The maximum Gasteiger partial charge on any atom is 0.437 e. The van der Waals surface area contributed by atoms with Crippen molar-refractivity contribution >= 4 is 40.2 Å². The molecule has 0 fully saturated rings. The molecule has 1 aromatic heterocycles. The average Bonchev–Trinajstić information content (AvgIpc) is 2.57. The summed E-state index contributed by atoms with van der Waals surface area (Å²) in [5.74, 6) is -0.404. The molecule has 0 atom stereocenters. The monoisotopic (exact) mass is 316 g/mol. The van der Waals surface area contributed by atoms with E-state index in [9.17, 15) is 9.18 Å². The highest BCUT2D eigenvalue weighted by atomic mass is 35.5. The first kappa shape index (κ1) is 14.3. The van der Waals surface area contributed by atoms with Gasteiger partial charge in [0.25, 0.3) is 0 Å². The SMILES string of the molecule is O=C(OCl)N(c1ccc(F)cc1)c1cccc2cccnc12. The Morgan fingerprint density at radius 3 is 2.55 bits per heavy atom. The van der Waals surface area contributed by atoms with E-state index < -0.39 is 11.9 Å². The normalized spacial score (nSPS) is 10.5. The number of rotatable bonds is 2. The van der Waals surface area contributed by atoms with Gasteiger partial charge in [-0.25, -0.2) is 14.1 Å². The van der Waals surface area contributed by atoms with E-state index in [1.165, 1.54) is 29.2 Å². The van der Waals surface area contributed by atoms with E-state index in [-0.39, 0.29) is 0 Å². The molecule has 2 aromatic carbocycles. The molecule has 0 aliphatic carbocycles. The Morgan fingerprint density at radius 1 is 1.09 bits per heavy atom. The molecule has 6 heteroatoms. The Kier molecular flexibility index (Phi) is 3.89. The van der Waals surface area contributed by atoms with Crippen molar-refractivity contribution in [3.63, 3.8) is 0 Å². The number of hydrogen-bond acceptors (Lipinski definition) is 3. The fourth-order valence-corrected chi connectivity index (χ4v) is 2.31. The number of hydrogen-bond donors (Lipinski definition) is 0. The number of para-hydroxylation sites is 1. The number of fused-ring (bicyclic) bond motifs is 1. The molecule has 0 bridgehead atoms.